The van der Waals surface area contributed by atoms with Gasteiger partial charge in [-0.15, -0.1) is 0 Å². The Balaban J connectivity index is 0.000000229. The number of nitro benzene ring substituents is 1. The molecule has 30 heavy (non-hydrogen) atoms. The molecular formula is C17H15N7O6. The van der Waals surface area contributed by atoms with Crippen LogP contribution in [0, 0.1) is 10.1 Å². The van der Waals surface area contributed by atoms with Crippen molar-refractivity contribution >= 4 is 23.5 Å². The molecule has 0 aliphatic rings. The van der Waals surface area contributed by atoms with E-state index in [0.717, 1.165) is 12.1 Å². The van der Waals surface area contributed by atoms with Crippen molar-refractivity contribution in [3.8, 4) is 0 Å². The van der Waals surface area contributed by atoms with Crippen molar-refractivity contribution in [2.75, 3.05) is 0 Å². The molecule has 0 atom stereocenters. The van der Waals surface area contributed by atoms with E-state index in [9.17, 15) is 24.5 Å². The highest BCUT2D eigenvalue weighted by Gasteiger charge is 2.06. The Kier molecular flexibility index (Phi) is 9.14. The fraction of sp³-hybridized carbons (Fsp3) is 0. The molecule has 154 valence electrons. The predicted molar refractivity (Wildman–Crippen MR) is 101 cm³/mol. The van der Waals surface area contributed by atoms with Crippen molar-refractivity contribution in [3.05, 3.63) is 88.5 Å². The molecule has 13 heteroatoms. The molecule has 0 fully saturated rings. The van der Waals surface area contributed by atoms with E-state index in [4.69, 9.17) is 16.6 Å². The largest absolute Gasteiger partial charge is 0.478 e. The van der Waals surface area contributed by atoms with Crippen molar-refractivity contribution < 1.29 is 24.4 Å². The van der Waals surface area contributed by atoms with Crippen molar-refractivity contribution in [2.45, 2.75) is 0 Å². The van der Waals surface area contributed by atoms with Gasteiger partial charge in [-0.1, -0.05) is 0 Å². The smallest absolute Gasteiger partial charge is 0.335 e. The lowest BCUT2D eigenvalue weighted by Crippen LogP contribution is -2.12. The van der Waals surface area contributed by atoms with Gasteiger partial charge in [-0.05, 0) is 12.1 Å². The third kappa shape index (κ3) is 8.26. The number of non-ortho nitro benzene ring substituents is 1. The van der Waals surface area contributed by atoms with E-state index in [1.165, 1.54) is 49.3 Å². The van der Waals surface area contributed by atoms with Gasteiger partial charge in [-0.2, -0.15) is 0 Å². The van der Waals surface area contributed by atoms with Gasteiger partial charge < -0.3 is 16.6 Å². The van der Waals surface area contributed by atoms with Crippen LogP contribution in [-0.2, 0) is 0 Å². The molecule has 2 amide bonds. The van der Waals surface area contributed by atoms with E-state index < -0.39 is 22.7 Å². The molecule has 0 bridgehead atoms. The fourth-order valence-corrected chi connectivity index (χ4v) is 1.58. The number of nitrogens with zero attached hydrogens (tertiary/aromatic N) is 5. The molecule has 5 N–H and O–H groups in total. The van der Waals surface area contributed by atoms with Crippen molar-refractivity contribution in [2.24, 2.45) is 11.5 Å². The van der Waals surface area contributed by atoms with Gasteiger partial charge in [0.15, 0.2) is 0 Å². The van der Waals surface area contributed by atoms with E-state index in [1.54, 1.807) is 0 Å². The predicted octanol–water partition coefficient (Wildman–Crippen LogP) is 0.444. The Hall–Kier alpha value is -4.81. The number of carbonyl (C=O) groups is 3. The fourth-order valence-electron chi connectivity index (χ4n) is 1.58. The number of hydrogen-bond donors (Lipinski definition) is 3. The topological polar surface area (TPSA) is 218 Å². The number of carboxylic acids is 1. The maximum absolute atomic E-state index is 10.3. The maximum Gasteiger partial charge on any atom is 0.335 e. The first kappa shape index (κ1) is 23.2. The van der Waals surface area contributed by atoms with E-state index in [0.29, 0.717) is 0 Å². The van der Waals surface area contributed by atoms with E-state index in [1.807, 2.05) is 0 Å². The Morgan fingerprint density at radius 1 is 0.833 bits per heavy atom. The standard InChI is InChI=1S/C7H5NO4.2C5H5N3O/c9-7(10)5-1-3-6(4-2-5)8(11)12;2*6-5(9)4-3-7-1-2-8-4/h1-4H,(H,9,10);2*1-3H,(H2,6,9). The van der Waals surface area contributed by atoms with Crippen LogP contribution in [0.1, 0.15) is 31.3 Å². The summed E-state index contributed by atoms with van der Waals surface area (Å²) >= 11 is 0. The Bertz CT molecular complexity index is 916. The van der Waals surface area contributed by atoms with E-state index >= 15 is 0 Å². The van der Waals surface area contributed by atoms with Gasteiger partial charge in [0.25, 0.3) is 17.5 Å². The van der Waals surface area contributed by atoms with Crippen LogP contribution < -0.4 is 11.5 Å². The first-order valence-electron chi connectivity index (χ1n) is 7.81. The minimum atomic E-state index is -1.09. The Labute approximate surface area is 168 Å². The molecule has 3 aromatic rings. The van der Waals surface area contributed by atoms with Crippen LogP contribution >= 0.6 is 0 Å². The highest BCUT2D eigenvalue weighted by Crippen LogP contribution is 2.11. The van der Waals surface area contributed by atoms with Crippen LogP contribution in [0.2, 0.25) is 0 Å². The van der Waals surface area contributed by atoms with Gasteiger partial charge in [-0.3, -0.25) is 29.7 Å². The number of rotatable bonds is 4. The highest BCUT2D eigenvalue weighted by atomic mass is 16.6. The molecule has 0 spiro atoms. The zero-order valence-electron chi connectivity index (χ0n) is 15.2. The summed E-state index contributed by atoms with van der Waals surface area (Å²) in [5, 5.41) is 18.6. The molecular weight excluding hydrogens is 398 g/mol. The van der Waals surface area contributed by atoms with Crippen LogP contribution in [-0.4, -0.2) is 47.7 Å². The van der Waals surface area contributed by atoms with Crippen LogP contribution in [0.15, 0.2) is 61.4 Å². The molecule has 0 aliphatic carbocycles. The average Bonchev–Trinajstić information content (AvgIpc) is 2.76. The second-order valence-electron chi connectivity index (χ2n) is 5.02. The highest BCUT2D eigenvalue weighted by molar-refractivity contribution is 5.90. The summed E-state index contributed by atoms with van der Waals surface area (Å²) in [6.45, 7) is 0. The number of amides is 2. The molecule has 0 saturated carbocycles. The zero-order valence-corrected chi connectivity index (χ0v) is 15.2. The first-order valence-corrected chi connectivity index (χ1v) is 7.81. The number of aromatic carboxylic acids is 1. The molecule has 2 heterocycles. The normalized spacial score (nSPS) is 9.07. The maximum atomic E-state index is 10.3. The number of benzene rings is 1. The second kappa shape index (κ2) is 11.8. The lowest BCUT2D eigenvalue weighted by molar-refractivity contribution is -0.384. The van der Waals surface area contributed by atoms with Crippen molar-refractivity contribution in [3.63, 3.8) is 0 Å². The number of carbonyl (C=O) groups excluding carboxylic acids is 2. The molecule has 0 aliphatic heterocycles. The van der Waals surface area contributed by atoms with Crippen molar-refractivity contribution in [1.29, 1.82) is 0 Å². The number of primary amides is 2. The van der Waals surface area contributed by atoms with Crippen LogP contribution in [0.4, 0.5) is 5.69 Å². The summed E-state index contributed by atoms with van der Waals surface area (Å²) in [5.41, 5.74) is 10.1. The summed E-state index contributed by atoms with van der Waals surface area (Å²) in [4.78, 5) is 55.1. The monoisotopic (exact) mass is 413 g/mol. The Morgan fingerprint density at radius 2 is 1.27 bits per heavy atom. The van der Waals surface area contributed by atoms with E-state index in [2.05, 4.69) is 19.9 Å². The molecule has 0 saturated heterocycles. The zero-order chi connectivity index (χ0) is 22.5. The number of nitrogens with two attached hydrogens (primary N) is 2. The summed E-state index contributed by atoms with van der Waals surface area (Å²) in [7, 11) is 0. The van der Waals surface area contributed by atoms with Crippen LogP contribution in [0.5, 0.6) is 0 Å². The van der Waals surface area contributed by atoms with Gasteiger partial charge in [0.05, 0.1) is 22.9 Å². The van der Waals surface area contributed by atoms with Crippen molar-refractivity contribution in [1.82, 2.24) is 19.9 Å². The van der Waals surface area contributed by atoms with Crippen LogP contribution in [0.3, 0.4) is 0 Å². The van der Waals surface area contributed by atoms with E-state index in [-0.39, 0.29) is 22.6 Å². The summed E-state index contributed by atoms with van der Waals surface area (Å²) in [6, 6.07) is 4.70. The van der Waals surface area contributed by atoms with Gasteiger partial charge in [0.1, 0.15) is 11.4 Å². The third-order valence-electron chi connectivity index (χ3n) is 2.96. The number of nitro groups is 1. The number of aromatic nitrogens is 4. The lowest BCUT2D eigenvalue weighted by atomic mass is 10.2. The lowest BCUT2D eigenvalue weighted by Gasteiger charge is -1.92. The van der Waals surface area contributed by atoms with Gasteiger partial charge in [0, 0.05) is 36.9 Å². The molecule has 0 unspecified atom stereocenters. The second-order valence-corrected chi connectivity index (χ2v) is 5.02. The molecule has 2 aromatic heterocycles. The number of hydrogen-bond acceptors (Lipinski definition) is 9. The van der Waals surface area contributed by atoms with Crippen LogP contribution in [0.25, 0.3) is 0 Å². The van der Waals surface area contributed by atoms with Gasteiger partial charge in [0.2, 0.25) is 0 Å². The summed E-state index contributed by atoms with van der Waals surface area (Å²) in [5.74, 6) is -2.20. The molecule has 3 rings (SSSR count). The molecule has 13 nitrogen and oxygen atoms in total. The Morgan fingerprint density at radius 3 is 1.50 bits per heavy atom. The summed E-state index contributed by atoms with van der Waals surface area (Å²) < 4.78 is 0. The quantitative estimate of drug-likeness (QED) is 0.395. The minimum Gasteiger partial charge on any atom is -0.478 e. The van der Waals surface area contributed by atoms with Gasteiger partial charge >= 0.3 is 5.97 Å². The van der Waals surface area contributed by atoms with Gasteiger partial charge in [-0.25, -0.2) is 14.8 Å². The minimum absolute atomic E-state index is 0.0422. The molecule has 1 aromatic carbocycles. The average molecular weight is 413 g/mol. The number of carboxylic acid groups (broad SMARTS) is 1. The third-order valence-corrected chi connectivity index (χ3v) is 2.96. The first-order chi connectivity index (χ1) is 14.2. The summed E-state index contributed by atoms with van der Waals surface area (Å²) in [6.07, 6.45) is 8.43. The molecule has 0 radical (unpaired) electrons. The SMILES string of the molecule is NC(=O)c1cnccn1.NC(=O)c1cnccn1.O=C(O)c1ccc([N+](=O)[O-])cc1.